The summed E-state index contributed by atoms with van der Waals surface area (Å²) in [6.07, 6.45) is 0.263. The summed E-state index contributed by atoms with van der Waals surface area (Å²) in [4.78, 5) is 38.5. The van der Waals surface area contributed by atoms with Crippen LogP contribution < -0.4 is 5.32 Å². The zero-order valence-corrected chi connectivity index (χ0v) is 16.5. The second-order valence-electron chi connectivity index (χ2n) is 6.62. The molecule has 1 aromatic carbocycles. The molecule has 6 nitrogen and oxygen atoms in total. The third-order valence-electron chi connectivity index (χ3n) is 4.66. The molecule has 1 aromatic heterocycles. The first kappa shape index (κ1) is 19.1. The van der Waals surface area contributed by atoms with Crippen molar-refractivity contribution in [1.29, 1.82) is 0 Å². The van der Waals surface area contributed by atoms with Crippen molar-refractivity contribution in [1.82, 2.24) is 0 Å². The van der Waals surface area contributed by atoms with Gasteiger partial charge in [0, 0.05) is 11.3 Å². The first-order chi connectivity index (χ1) is 12.8. The summed E-state index contributed by atoms with van der Waals surface area (Å²) >= 11 is 1.30. The number of fused-ring (bicyclic) bond motifs is 1. The topological polar surface area (TPSA) is 81.7 Å². The molecular formula is C20H21NO5S. The molecular weight excluding hydrogens is 366 g/mol. The lowest BCUT2D eigenvalue weighted by Crippen LogP contribution is -2.48. The van der Waals surface area contributed by atoms with Crippen LogP contribution in [-0.4, -0.2) is 30.1 Å². The van der Waals surface area contributed by atoms with E-state index in [1.54, 1.807) is 26.0 Å². The number of anilines is 1. The minimum absolute atomic E-state index is 0.243. The van der Waals surface area contributed by atoms with E-state index in [1.165, 1.54) is 11.3 Å². The third kappa shape index (κ3) is 3.47. The second-order valence-corrected chi connectivity index (χ2v) is 7.84. The number of thiophene rings is 1. The maximum atomic E-state index is 13.0. The predicted octanol–water partition coefficient (Wildman–Crippen LogP) is 3.65. The van der Waals surface area contributed by atoms with E-state index in [4.69, 9.17) is 9.47 Å². The van der Waals surface area contributed by atoms with E-state index in [0.717, 1.165) is 16.0 Å². The quantitative estimate of drug-likeness (QED) is 0.810. The number of nitrogens with one attached hydrogen (secondary N) is 1. The van der Waals surface area contributed by atoms with Crippen molar-refractivity contribution in [2.45, 2.75) is 39.7 Å². The molecule has 1 aliphatic heterocycles. The average Bonchev–Trinajstić information content (AvgIpc) is 2.89. The number of aryl methyl sites for hydroxylation is 1. The molecule has 1 atom stereocenters. The molecule has 0 fully saturated rings. The molecule has 0 radical (unpaired) electrons. The normalized spacial score (nSPS) is 18.4. The van der Waals surface area contributed by atoms with Gasteiger partial charge in [-0.05, 0) is 44.9 Å². The number of carbonyl (C=O) groups is 3. The summed E-state index contributed by atoms with van der Waals surface area (Å²) < 4.78 is 10.6. The molecule has 0 spiro atoms. The maximum Gasteiger partial charge on any atom is 0.341 e. The van der Waals surface area contributed by atoms with Crippen LogP contribution >= 0.6 is 11.3 Å². The van der Waals surface area contributed by atoms with Crippen molar-refractivity contribution in [2.75, 3.05) is 11.9 Å². The van der Waals surface area contributed by atoms with Crippen molar-refractivity contribution in [3.8, 4) is 0 Å². The van der Waals surface area contributed by atoms with Crippen LogP contribution in [0.2, 0.25) is 0 Å². The molecule has 1 aliphatic rings. The van der Waals surface area contributed by atoms with Gasteiger partial charge in [-0.15, -0.1) is 11.3 Å². The zero-order valence-electron chi connectivity index (χ0n) is 15.7. The molecule has 7 heteroatoms. The molecule has 3 rings (SSSR count). The molecule has 0 saturated heterocycles. The highest BCUT2D eigenvalue weighted by Gasteiger charge is 2.43. The largest absolute Gasteiger partial charge is 0.462 e. The van der Waals surface area contributed by atoms with Crippen LogP contribution in [0, 0.1) is 13.8 Å². The van der Waals surface area contributed by atoms with Gasteiger partial charge in [-0.1, -0.05) is 18.2 Å². The van der Waals surface area contributed by atoms with E-state index >= 15 is 0 Å². The first-order valence-electron chi connectivity index (χ1n) is 8.66. The van der Waals surface area contributed by atoms with Crippen LogP contribution in [0.3, 0.4) is 0 Å². The van der Waals surface area contributed by atoms with Gasteiger partial charge in [0.25, 0.3) is 5.91 Å². The number of esters is 2. The molecule has 2 heterocycles. The maximum absolute atomic E-state index is 13.0. The summed E-state index contributed by atoms with van der Waals surface area (Å²) in [5.74, 6) is -1.48. The Kier molecular flexibility index (Phi) is 5.06. The van der Waals surface area contributed by atoms with Gasteiger partial charge >= 0.3 is 11.9 Å². The first-order valence-corrected chi connectivity index (χ1v) is 9.48. The summed E-state index contributed by atoms with van der Waals surface area (Å²) in [6, 6.07) is 7.07. The Morgan fingerprint density at radius 2 is 2.00 bits per heavy atom. The minimum atomic E-state index is -1.36. The van der Waals surface area contributed by atoms with Gasteiger partial charge in [0.2, 0.25) is 0 Å². The smallest absolute Gasteiger partial charge is 0.341 e. The van der Waals surface area contributed by atoms with Gasteiger partial charge in [-0.3, -0.25) is 4.79 Å². The molecule has 2 aromatic rings. The van der Waals surface area contributed by atoms with Crippen LogP contribution in [0.25, 0.3) is 0 Å². The lowest BCUT2D eigenvalue weighted by Gasteiger charge is -2.32. The Morgan fingerprint density at radius 1 is 1.30 bits per heavy atom. The van der Waals surface area contributed by atoms with Crippen molar-refractivity contribution in [3.63, 3.8) is 0 Å². The van der Waals surface area contributed by atoms with Crippen molar-refractivity contribution >= 4 is 34.2 Å². The molecule has 1 amide bonds. The number of benzene rings is 1. The standard InChI is InChI=1S/C20H21NO5S/c1-5-25-18(23)15-11(2)12(3)27-16(15)21-19(24)20(4)10-13-8-6-7-9-14(13)17(22)26-20/h6-9H,5,10H2,1-4H3,(H,21,24)/t20-/m0/s1. The van der Waals surface area contributed by atoms with E-state index < -0.39 is 23.4 Å². The predicted molar refractivity (Wildman–Crippen MR) is 102 cm³/mol. The van der Waals surface area contributed by atoms with Gasteiger partial charge in [-0.25, -0.2) is 9.59 Å². The Labute approximate surface area is 161 Å². The van der Waals surface area contributed by atoms with Crippen molar-refractivity contribution < 1.29 is 23.9 Å². The summed E-state index contributed by atoms with van der Waals surface area (Å²) in [5.41, 5.74) is 0.987. The highest BCUT2D eigenvalue weighted by molar-refractivity contribution is 7.16. The van der Waals surface area contributed by atoms with Gasteiger partial charge in [0.15, 0.2) is 5.60 Å². The van der Waals surface area contributed by atoms with Crippen LogP contribution in [0.1, 0.15) is 50.6 Å². The van der Waals surface area contributed by atoms with Crippen LogP contribution in [0.5, 0.6) is 0 Å². The number of cyclic esters (lactones) is 1. The fourth-order valence-corrected chi connectivity index (χ4v) is 4.10. The van der Waals surface area contributed by atoms with Crippen LogP contribution in [0.15, 0.2) is 24.3 Å². The lowest BCUT2D eigenvalue weighted by atomic mass is 9.89. The lowest BCUT2D eigenvalue weighted by molar-refractivity contribution is -0.134. The average molecular weight is 387 g/mol. The minimum Gasteiger partial charge on any atom is -0.462 e. The van der Waals surface area contributed by atoms with Crippen molar-refractivity contribution in [2.24, 2.45) is 0 Å². The van der Waals surface area contributed by atoms with E-state index in [9.17, 15) is 14.4 Å². The van der Waals surface area contributed by atoms with Crippen LogP contribution in [0.4, 0.5) is 5.00 Å². The van der Waals surface area contributed by atoms with Gasteiger partial charge in [0.1, 0.15) is 5.00 Å². The van der Waals surface area contributed by atoms with E-state index in [1.807, 2.05) is 26.0 Å². The Morgan fingerprint density at radius 3 is 2.70 bits per heavy atom. The number of hydrogen-bond acceptors (Lipinski definition) is 6. The third-order valence-corrected chi connectivity index (χ3v) is 5.78. The number of carbonyl (C=O) groups excluding carboxylic acids is 3. The molecule has 142 valence electrons. The fraction of sp³-hybridized carbons (Fsp3) is 0.350. The van der Waals surface area contributed by atoms with Gasteiger partial charge < -0.3 is 14.8 Å². The van der Waals surface area contributed by atoms with Crippen LogP contribution in [-0.2, 0) is 20.7 Å². The Bertz CT molecular complexity index is 932. The molecule has 0 unspecified atom stereocenters. The highest BCUT2D eigenvalue weighted by atomic mass is 32.1. The molecule has 1 N–H and O–H groups in total. The van der Waals surface area contributed by atoms with E-state index in [0.29, 0.717) is 16.1 Å². The zero-order chi connectivity index (χ0) is 19.8. The Balaban J connectivity index is 1.89. The molecule has 0 bridgehead atoms. The molecule has 27 heavy (non-hydrogen) atoms. The molecule has 0 aliphatic carbocycles. The van der Waals surface area contributed by atoms with Crippen molar-refractivity contribution in [3.05, 3.63) is 51.4 Å². The summed E-state index contributed by atoms with van der Waals surface area (Å²) in [5, 5.41) is 3.18. The van der Waals surface area contributed by atoms with Gasteiger partial charge in [-0.2, -0.15) is 0 Å². The van der Waals surface area contributed by atoms with E-state index in [-0.39, 0.29) is 13.0 Å². The summed E-state index contributed by atoms with van der Waals surface area (Å²) in [6.45, 7) is 7.23. The fourth-order valence-electron chi connectivity index (χ4n) is 3.06. The van der Waals surface area contributed by atoms with Gasteiger partial charge in [0.05, 0.1) is 17.7 Å². The SMILES string of the molecule is CCOC(=O)c1c(NC(=O)[C@]2(C)Cc3ccccc3C(=O)O2)sc(C)c1C. The number of ether oxygens (including phenoxy) is 2. The highest BCUT2D eigenvalue weighted by Crippen LogP contribution is 2.35. The monoisotopic (exact) mass is 387 g/mol. The number of rotatable bonds is 4. The molecule has 0 saturated carbocycles. The Hall–Kier alpha value is -2.67. The number of hydrogen-bond donors (Lipinski definition) is 1. The van der Waals surface area contributed by atoms with E-state index in [2.05, 4.69) is 5.32 Å². The summed E-state index contributed by atoms with van der Waals surface area (Å²) in [7, 11) is 0. The number of amides is 1. The second kappa shape index (κ2) is 7.15.